The van der Waals surface area contributed by atoms with E-state index in [4.69, 9.17) is 11.6 Å². The summed E-state index contributed by atoms with van der Waals surface area (Å²) in [5, 5.41) is 0.325. The number of carbonyl (C=O) groups excluding carboxylic acids is 1. The highest BCUT2D eigenvalue weighted by atomic mass is 35.5. The first-order valence-corrected chi connectivity index (χ1v) is 15.5. The molecule has 3 heterocycles. The predicted octanol–water partition coefficient (Wildman–Crippen LogP) is 8.35. The van der Waals surface area contributed by atoms with Gasteiger partial charge in [0.05, 0.1) is 0 Å². The number of fused-ring (bicyclic) bond motifs is 2. The maximum atomic E-state index is 13.9. The number of rotatable bonds is 6. The van der Waals surface area contributed by atoms with Gasteiger partial charge in [-0.2, -0.15) is 0 Å². The number of anilines is 1. The number of benzene rings is 3. The fourth-order valence-corrected chi connectivity index (χ4v) is 7.15. The van der Waals surface area contributed by atoms with Gasteiger partial charge in [-0.05, 0) is 106 Å². The molecule has 0 bridgehead atoms. The number of halogens is 2. The average Bonchev–Trinajstić information content (AvgIpc) is 3.28. The topological polar surface area (TPSA) is 36.4 Å². The Bertz CT molecular complexity index is 1610. The lowest BCUT2D eigenvalue weighted by molar-refractivity contribution is 0.0977. The molecule has 3 aromatic carbocycles. The molecule has 1 aromatic heterocycles. The quantitative estimate of drug-likeness (QED) is 0.209. The van der Waals surface area contributed by atoms with Crippen LogP contribution in [0.4, 0.5) is 10.1 Å². The minimum Gasteiger partial charge on any atom is -0.307 e. The third-order valence-corrected chi connectivity index (χ3v) is 9.51. The molecular formula is C35H33ClFN3OS. The van der Waals surface area contributed by atoms with Crippen LogP contribution in [-0.4, -0.2) is 42.0 Å². The summed E-state index contributed by atoms with van der Waals surface area (Å²) in [5.41, 5.74) is 5.80. The zero-order chi connectivity index (χ0) is 29.3. The molecule has 7 heteroatoms. The number of amides is 1. The normalized spacial score (nSPS) is 16.3. The molecule has 0 N–H and O–H groups in total. The Labute approximate surface area is 256 Å². The van der Waals surface area contributed by atoms with Crippen LogP contribution in [0.3, 0.4) is 0 Å². The fourth-order valence-electron chi connectivity index (χ4n) is 6.05. The second-order valence-electron chi connectivity index (χ2n) is 11.3. The first-order valence-electron chi connectivity index (χ1n) is 14.3. The van der Waals surface area contributed by atoms with Crippen molar-refractivity contribution in [1.29, 1.82) is 0 Å². The van der Waals surface area contributed by atoms with Crippen LogP contribution in [-0.2, 0) is 5.41 Å². The molecule has 1 fully saturated rings. The molecule has 0 saturated carbocycles. The summed E-state index contributed by atoms with van der Waals surface area (Å²) < 4.78 is 13.5. The van der Waals surface area contributed by atoms with Gasteiger partial charge in [-0.3, -0.25) is 9.69 Å². The maximum Gasteiger partial charge on any atom is 0.258 e. The summed E-state index contributed by atoms with van der Waals surface area (Å²) in [6, 6.07) is 25.0. The van der Waals surface area contributed by atoms with E-state index in [0.717, 1.165) is 53.6 Å². The van der Waals surface area contributed by atoms with Gasteiger partial charge in [-0.15, -0.1) is 0 Å². The van der Waals surface area contributed by atoms with Gasteiger partial charge in [0.1, 0.15) is 11.0 Å². The summed E-state index contributed by atoms with van der Waals surface area (Å²) in [5.74, 6) is -0.295. The van der Waals surface area contributed by atoms with Crippen LogP contribution in [0.2, 0.25) is 5.15 Å². The van der Waals surface area contributed by atoms with Crippen molar-refractivity contribution >= 4 is 41.0 Å². The maximum absolute atomic E-state index is 13.9. The van der Waals surface area contributed by atoms with Crippen molar-refractivity contribution in [3.8, 4) is 0 Å². The number of nitrogens with zero attached hydrogens (tertiary/aromatic N) is 3. The Morgan fingerprint density at radius 2 is 1.69 bits per heavy atom. The first kappa shape index (κ1) is 28.7. The van der Waals surface area contributed by atoms with Crippen LogP contribution >= 0.6 is 23.4 Å². The molecule has 42 heavy (non-hydrogen) atoms. The molecule has 4 aromatic rings. The van der Waals surface area contributed by atoms with Gasteiger partial charge in [0.25, 0.3) is 5.91 Å². The van der Waals surface area contributed by atoms with Crippen molar-refractivity contribution in [2.75, 3.05) is 31.1 Å². The van der Waals surface area contributed by atoms with Gasteiger partial charge >= 0.3 is 0 Å². The number of likely N-dealkylation sites (tertiary alicyclic amines) is 1. The van der Waals surface area contributed by atoms with E-state index in [0.29, 0.717) is 17.3 Å². The summed E-state index contributed by atoms with van der Waals surface area (Å²) in [7, 11) is 0. The predicted molar refractivity (Wildman–Crippen MR) is 170 cm³/mol. The number of aryl methyl sites for hydroxylation is 2. The summed E-state index contributed by atoms with van der Waals surface area (Å²) in [6.07, 6.45) is 6.36. The lowest BCUT2D eigenvalue weighted by atomic mass is 9.74. The lowest BCUT2D eigenvalue weighted by Gasteiger charge is -2.39. The monoisotopic (exact) mass is 597 g/mol. The zero-order valence-electron chi connectivity index (χ0n) is 23.8. The Hall–Kier alpha value is -3.45. The van der Waals surface area contributed by atoms with E-state index in [2.05, 4.69) is 71.4 Å². The minimum absolute atomic E-state index is 0.0528. The van der Waals surface area contributed by atoms with E-state index in [-0.39, 0.29) is 17.1 Å². The molecule has 0 radical (unpaired) electrons. The second-order valence-corrected chi connectivity index (χ2v) is 12.9. The van der Waals surface area contributed by atoms with Crippen molar-refractivity contribution in [3.63, 3.8) is 0 Å². The van der Waals surface area contributed by atoms with Gasteiger partial charge in [-0.1, -0.05) is 65.3 Å². The van der Waals surface area contributed by atoms with Crippen molar-refractivity contribution in [3.05, 3.63) is 124 Å². The number of hydrogen-bond acceptors (Lipinski definition) is 4. The lowest BCUT2D eigenvalue weighted by Crippen LogP contribution is -2.46. The molecular weight excluding hydrogens is 565 g/mol. The number of aromatic nitrogens is 1. The number of hydrogen-bond donors (Lipinski definition) is 0. The SMILES string of the molecule is Cc1ccc(C=CCN2CCC3(CC2)CN(C(=O)c2cc(C)nc(Cl)c2)c2ccc(Sc4ccc(F)cc4)cc23)cc1. The fraction of sp³-hybridized carbons (Fsp3) is 0.257. The van der Waals surface area contributed by atoms with Crippen LogP contribution in [0, 0.1) is 19.7 Å². The molecule has 6 rings (SSSR count). The zero-order valence-corrected chi connectivity index (χ0v) is 25.4. The van der Waals surface area contributed by atoms with E-state index in [1.54, 1.807) is 36.0 Å². The van der Waals surface area contributed by atoms with Crippen LogP contribution in [0.15, 0.2) is 94.7 Å². The molecule has 1 spiro atoms. The number of piperidine rings is 1. The molecule has 0 unspecified atom stereocenters. The van der Waals surface area contributed by atoms with Gasteiger partial charge < -0.3 is 4.90 Å². The third-order valence-electron chi connectivity index (χ3n) is 8.32. The van der Waals surface area contributed by atoms with Crippen molar-refractivity contribution in [2.45, 2.75) is 41.9 Å². The second kappa shape index (κ2) is 12.0. The number of carbonyl (C=O) groups is 1. The molecule has 0 atom stereocenters. The Morgan fingerprint density at radius 1 is 0.976 bits per heavy atom. The van der Waals surface area contributed by atoms with Gasteiger partial charge in [0.2, 0.25) is 0 Å². The van der Waals surface area contributed by atoms with Crippen molar-refractivity contribution < 1.29 is 9.18 Å². The molecule has 2 aliphatic rings. The van der Waals surface area contributed by atoms with Gasteiger partial charge in [0, 0.05) is 45.2 Å². The third kappa shape index (κ3) is 6.17. The Balaban J connectivity index is 1.25. The highest BCUT2D eigenvalue weighted by molar-refractivity contribution is 7.99. The summed E-state index contributed by atoms with van der Waals surface area (Å²) in [6.45, 7) is 7.39. The smallest absolute Gasteiger partial charge is 0.258 e. The van der Waals surface area contributed by atoms with Crippen molar-refractivity contribution in [1.82, 2.24) is 9.88 Å². The van der Waals surface area contributed by atoms with Crippen molar-refractivity contribution in [2.24, 2.45) is 0 Å². The molecule has 1 saturated heterocycles. The van der Waals surface area contributed by atoms with Crippen LogP contribution < -0.4 is 4.90 Å². The summed E-state index contributed by atoms with van der Waals surface area (Å²) >= 11 is 7.85. The molecule has 0 aliphatic carbocycles. The first-order chi connectivity index (χ1) is 20.3. The van der Waals surface area contributed by atoms with Crippen LogP contribution in [0.5, 0.6) is 0 Å². The standard InChI is InChI=1S/C35H33ClFN3OS/c1-24-5-7-26(8-6-24)4-3-17-39-18-15-35(16-19-39)23-40(34(41)27-20-25(2)38-33(36)21-27)32-14-13-30(22-31(32)35)42-29-11-9-28(37)10-12-29/h3-14,20-22H,15-19,23H2,1-2H3. The molecule has 2 aliphatic heterocycles. The van der Waals surface area contributed by atoms with E-state index in [1.165, 1.54) is 28.8 Å². The highest BCUT2D eigenvalue weighted by Gasteiger charge is 2.46. The summed E-state index contributed by atoms with van der Waals surface area (Å²) in [4.78, 5) is 24.6. The highest BCUT2D eigenvalue weighted by Crippen LogP contribution is 2.49. The van der Waals surface area contributed by atoms with E-state index < -0.39 is 0 Å². The van der Waals surface area contributed by atoms with E-state index in [9.17, 15) is 9.18 Å². The molecule has 214 valence electrons. The molecule has 4 nitrogen and oxygen atoms in total. The Kier molecular flexibility index (Phi) is 8.22. The molecule has 1 amide bonds. The average molecular weight is 598 g/mol. The van der Waals surface area contributed by atoms with Gasteiger partial charge in [0.15, 0.2) is 0 Å². The van der Waals surface area contributed by atoms with Crippen LogP contribution in [0.25, 0.3) is 6.08 Å². The van der Waals surface area contributed by atoms with E-state index >= 15 is 0 Å². The Morgan fingerprint density at radius 3 is 2.40 bits per heavy atom. The van der Waals surface area contributed by atoms with Gasteiger partial charge in [-0.25, -0.2) is 9.37 Å². The van der Waals surface area contributed by atoms with E-state index in [1.807, 2.05) is 11.8 Å². The number of pyridine rings is 1. The minimum atomic E-state index is -0.242. The largest absolute Gasteiger partial charge is 0.307 e. The van der Waals surface area contributed by atoms with Crippen LogP contribution in [0.1, 0.15) is 45.6 Å².